The molecule has 94 heavy (non-hydrogen) atoms. The maximum atomic E-state index is 13.4. The second-order valence-electron chi connectivity index (χ2n) is 24.6. The summed E-state index contributed by atoms with van der Waals surface area (Å²) < 4.78 is 34.2. The van der Waals surface area contributed by atoms with Crippen molar-refractivity contribution in [1.29, 1.82) is 0 Å². The molecule has 536 valence electrons. The number of hydrogen-bond acceptors (Lipinski definition) is 18. The Kier molecular flexibility index (Phi) is 49.1. The summed E-state index contributed by atoms with van der Waals surface area (Å²) in [6.07, 6.45) is 50.4. The van der Waals surface area contributed by atoms with Gasteiger partial charge in [0.25, 0.3) is 0 Å². The van der Waals surface area contributed by atoms with Gasteiger partial charge < -0.3 is 89.9 Å². The van der Waals surface area contributed by atoms with Crippen LogP contribution >= 0.6 is 0 Å². The minimum absolute atomic E-state index is 0.223. The number of allylic oxidation sites excluding steroid dienone is 21. The van der Waals surface area contributed by atoms with E-state index in [2.05, 4.69) is 141 Å². The van der Waals surface area contributed by atoms with Crippen molar-refractivity contribution >= 4 is 5.91 Å². The van der Waals surface area contributed by atoms with Crippen LogP contribution in [0.4, 0.5) is 0 Å². The lowest BCUT2D eigenvalue weighted by molar-refractivity contribution is -0.379. The van der Waals surface area contributed by atoms with Crippen molar-refractivity contribution in [3.8, 4) is 0 Å². The minimum atomic E-state index is -1.99. The number of aliphatic hydroxyl groups excluding tert-OH is 11. The maximum absolute atomic E-state index is 13.4. The van der Waals surface area contributed by atoms with E-state index < -0.39 is 124 Å². The molecular formula is C75H123NO18. The van der Waals surface area contributed by atoms with E-state index in [1.54, 1.807) is 6.08 Å². The first-order valence-electron chi connectivity index (χ1n) is 35.4. The molecular weight excluding hydrogens is 1200 g/mol. The van der Waals surface area contributed by atoms with E-state index in [1.807, 2.05) is 6.08 Å². The molecule has 0 spiro atoms. The van der Waals surface area contributed by atoms with Crippen LogP contribution in [0.2, 0.25) is 0 Å². The van der Waals surface area contributed by atoms with Crippen LogP contribution in [0.5, 0.6) is 0 Å². The van der Waals surface area contributed by atoms with Crippen LogP contribution in [0.3, 0.4) is 0 Å². The first-order valence-corrected chi connectivity index (χ1v) is 35.4. The van der Waals surface area contributed by atoms with Crippen LogP contribution in [0.1, 0.15) is 200 Å². The normalized spacial score (nSPS) is 28.2. The smallest absolute Gasteiger partial charge is 0.220 e. The summed E-state index contributed by atoms with van der Waals surface area (Å²) in [6.45, 7) is 1.52. The molecule has 0 aliphatic carbocycles. The Bertz CT molecular complexity index is 2220. The number of unbranched alkanes of at least 4 members (excludes halogenated alkanes) is 16. The van der Waals surface area contributed by atoms with Crippen molar-refractivity contribution in [3.63, 3.8) is 0 Å². The third-order valence-corrected chi connectivity index (χ3v) is 16.7. The molecule has 12 N–H and O–H groups in total. The fourth-order valence-electron chi connectivity index (χ4n) is 11.0. The third-order valence-electron chi connectivity index (χ3n) is 16.7. The molecule has 19 nitrogen and oxygen atoms in total. The number of hydrogen-bond donors (Lipinski definition) is 12. The molecule has 0 aromatic rings. The van der Waals surface area contributed by atoms with Gasteiger partial charge in [0.2, 0.25) is 5.91 Å². The van der Waals surface area contributed by atoms with E-state index in [0.717, 1.165) is 109 Å². The highest BCUT2D eigenvalue weighted by atomic mass is 16.8. The van der Waals surface area contributed by atoms with Gasteiger partial charge in [-0.05, 0) is 103 Å². The van der Waals surface area contributed by atoms with E-state index in [4.69, 9.17) is 28.4 Å². The molecule has 17 unspecified atom stereocenters. The Morgan fingerprint density at radius 1 is 0.394 bits per heavy atom. The number of amides is 1. The number of rotatable bonds is 52. The van der Waals surface area contributed by atoms with Gasteiger partial charge in [-0.2, -0.15) is 0 Å². The Hall–Kier alpha value is -4.07. The topological polar surface area (TPSA) is 307 Å². The highest BCUT2D eigenvalue weighted by Crippen LogP contribution is 2.33. The van der Waals surface area contributed by atoms with Crippen LogP contribution < -0.4 is 5.32 Å². The molecule has 3 heterocycles. The van der Waals surface area contributed by atoms with E-state index in [9.17, 15) is 61.0 Å². The van der Waals surface area contributed by atoms with Gasteiger partial charge in [0, 0.05) is 6.42 Å². The standard InChI is InChI=1S/C75H123NO18/c1-3-5-7-9-11-13-15-16-17-18-19-20-21-22-23-24-25-26-27-28-29-30-31-32-33-34-35-36-37-38-39-40-41-42-43-45-47-49-51-53-63(81)76-58(59(80)52-50-48-46-44-14-12-10-8-6-4-2)57-89-73-69(87)66(84)71(61(55-78)91-73)94-75-70(88)67(85)72(62(56-79)92-75)93-74-68(86)65(83)64(82)60(54-77)90-74/h5,7,11,13-14,16-17,19-20,22-23,25-26,28-29,31-32,34-35,44,50,52,58-62,64-75,77-80,82-88H,3-4,6,8-10,12,15,18,21,24,27,30,33,36-43,45-49,51,53-57H2,1-2H3,(H,76,81)/b7-5-,13-11-,17-16-,20-19-,23-22-,26-25-,29-28-,32-31-,35-34-,44-14+,52-50+. The van der Waals surface area contributed by atoms with Gasteiger partial charge in [-0.1, -0.05) is 225 Å². The molecule has 0 saturated carbocycles. The quantitative estimate of drug-likeness (QED) is 0.0199. The zero-order chi connectivity index (χ0) is 68.2. The fourth-order valence-corrected chi connectivity index (χ4v) is 11.0. The van der Waals surface area contributed by atoms with Gasteiger partial charge in [-0.3, -0.25) is 4.79 Å². The second kappa shape index (κ2) is 54.9. The summed E-state index contributed by atoms with van der Waals surface area (Å²) in [5.74, 6) is -0.297. The van der Waals surface area contributed by atoms with Crippen molar-refractivity contribution in [1.82, 2.24) is 5.32 Å². The first kappa shape index (κ1) is 84.2. The number of nitrogens with one attached hydrogen (secondary N) is 1. The molecule has 3 aliphatic rings. The van der Waals surface area contributed by atoms with E-state index in [1.165, 1.54) is 57.8 Å². The molecule has 3 aliphatic heterocycles. The molecule has 0 aromatic carbocycles. The predicted octanol–water partition coefficient (Wildman–Crippen LogP) is 9.77. The molecule has 3 saturated heterocycles. The Labute approximate surface area is 562 Å². The molecule has 0 radical (unpaired) electrons. The van der Waals surface area contributed by atoms with Crippen molar-refractivity contribution in [3.05, 3.63) is 134 Å². The van der Waals surface area contributed by atoms with Crippen LogP contribution in [0, 0.1) is 0 Å². The van der Waals surface area contributed by atoms with Crippen LogP contribution in [0.15, 0.2) is 134 Å². The summed E-state index contributed by atoms with van der Waals surface area (Å²) >= 11 is 0. The minimum Gasteiger partial charge on any atom is -0.394 e. The van der Waals surface area contributed by atoms with Gasteiger partial charge in [-0.25, -0.2) is 0 Å². The Morgan fingerprint density at radius 3 is 1.19 bits per heavy atom. The van der Waals surface area contributed by atoms with E-state index in [0.29, 0.717) is 12.8 Å². The van der Waals surface area contributed by atoms with E-state index in [-0.39, 0.29) is 18.9 Å². The zero-order valence-corrected chi connectivity index (χ0v) is 56.6. The second-order valence-corrected chi connectivity index (χ2v) is 24.6. The molecule has 3 rings (SSSR count). The SMILES string of the molecule is CC/C=C\C/C=C\C/C=C\C/C=C\C/C=C\C/C=C\C/C=C\C/C=C\C/C=C\CCCCCCCCCCCCCC(=O)NC(COC1OC(CO)C(OC2OC(CO)C(OC3OC(CO)C(O)C(O)C3O)C(O)C2O)C(O)C1O)C(O)/C=C/CC/C=C/CCCCCC. The van der Waals surface area contributed by atoms with E-state index >= 15 is 0 Å². The number of ether oxygens (including phenoxy) is 6. The van der Waals surface area contributed by atoms with Gasteiger partial charge in [-0.15, -0.1) is 0 Å². The fraction of sp³-hybridized carbons (Fsp3) is 0.693. The number of aliphatic hydroxyl groups is 11. The molecule has 19 heteroatoms. The first-order chi connectivity index (χ1) is 45.8. The largest absolute Gasteiger partial charge is 0.394 e. The number of carbonyl (C=O) groups is 1. The molecule has 1 amide bonds. The summed E-state index contributed by atoms with van der Waals surface area (Å²) in [5, 5.41) is 120. The zero-order valence-electron chi connectivity index (χ0n) is 56.6. The van der Waals surface area contributed by atoms with Gasteiger partial charge in [0.1, 0.15) is 73.2 Å². The summed E-state index contributed by atoms with van der Waals surface area (Å²) in [4.78, 5) is 13.4. The summed E-state index contributed by atoms with van der Waals surface area (Å²) in [5.41, 5.74) is 0. The van der Waals surface area contributed by atoms with Crippen LogP contribution in [0.25, 0.3) is 0 Å². The van der Waals surface area contributed by atoms with Crippen molar-refractivity contribution in [2.24, 2.45) is 0 Å². The van der Waals surface area contributed by atoms with Crippen LogP contribution in [-0.4, -0.2) is 193 Å². The highest BCUT2D eigenvalue weighted by Gasteiger charge is 2.53. The average Bonchev–Trinajstić information content (AvgIpc) is 0.788. The Morgan fingerprint density at radius 2 is 0.745 bits per heavy atom. The lowest BCUT2D eigenvalue weighted by atomic mass is 9.96. The van der Waals surface area contributed by atoms with Crippen molar-refractivity contribution in [2.75, 3.05) is 26.4 Å². The molecule has 0 aromatic heterocycles. The third kappa shape index (κ3) is 36.0. The highest BCUT2D eigenvalue weighted by molar-refractivity contribution is 5.76. The Balaban J connectivity index is 1.32. The summed E-state index contributed by atoms with van der Waals surface area (Å²) in [7, 11) is 0. The molecule has 3 fully saturated rings. The predicted molar refractivity (Wildman–Crippen MR) is 369 cm³/mol. The van der Waals surface area contributed by atoms with Crippen molar-refractivity contribution in [2.45, 2.75) is 304 Å². The van der Waals surface area contributed by atoms with Gasteiger partial charge in [0.15, 0.2) is 18.9 Å². The lowest BCUT2D eigenvalue weighted by Gasteiger charge is -2.48. The lowest BCUT2D eigenvalue weighted by Crippen LogP contribution is -2.66. The summed E-state index contributed by atoms with van der Waals surface area (Å²) in [6, 6.07) is -0.998. The maximum Gasteiger partial charge on any atom is 0.220 e. The van der Waals surface area contributed by atoms with Crippen LogP contribution in [-0.2, 0) is 33.2 Å². The number of carbonyl (C=O) groups excluding carboxylic acids is 1. The monoisotopic (exact) mass is 1330 g/mol. The average molecular weight is 1330 g/mol. The van der Waals surface area contributed by atoms with Gasteiger partial charge in [0.05, 0.1) is 38.6 Å². The molecule has 17 atom stereocenters. The van der Waals surface area contributed by atoms with Gasteiger partial charge >= 0.3 is 0 Å². The molecule has 0 bridgehead atoms. The van der Waals surface area contributed by atoms with Crippen molar-refractivity contribution < 1.29 is 89.4 Å².